The molecule has 0 aliphatic carbocycles. The Morgan fingerprint density at radius 3 is 2.48 bits per heavy atom. The fourth-order valence-electron chi connectivity index (χ4n) is 1.81. The van der Waals surface area contributed by atoms with Gasteiger partial charge in [0.15, 0.2) is 0 Å². The minimum atomic E-state index is -0.488. The molecular weight excluding hydrogens is 362 g/mol. The molecule has 0 unspecified atom stereocenters. The molecule has 0 spiro atoms. The molecule has 0 aromatic heterocycles. The number of halogens is 1. The standard InChI is InChI=1S/C17H16BrNO4/c18-14-2-1-3-15(10-14)22-9-8-16(20)23-11-12-4-6-13(7-5-12)17(19)21/h1-7,10H,8-9,11H2,(H2,19,21). The number of esters is 1. The van der Waals surface area contributed by atoms with Crippen LogP contribution in [0.25, 0.3) is 0 Å². The number of ether oxygens (including phenoxy) is 2. The molecule has 0 bridgehead atoms. The van der Waals surface area contributed by atoms with Crippen molar-refractivity contribution in [2.75, 3.05) is 6.61 Å². The first kappa shape index (κ1) is 17.0. The highest BCUT2D eigenvalue weighted by atomic mass is 79.9. The van der Waals surface area contributed by atoms with Gasteiger partial charge in [0.1, 0.15) is 12.4 Å². The summed E-state index contributed by atoms with van der Waals surface area (Å²) in [4.78, 5) is 22.6. The molecule has 6 heteroatoms. The molecule has 5 nitrogen and oxygen atoms in total. The molecule has 0 aliphatic heterocycles. The lowest BCUT2D eigenvalue weighted by atomic mass is 10.1. The summed E-state index contributed by atoms with van der Waals surface area (Å²) in [5.74, 6) is -0.147. The Bertz CT molecular complexity index is 685. The number of hydrogen-bond donors (Lipinski definition) is 1. The highest BCUT2D eigenvalue weighted by molar-refractivity contribution is 9.10. The van der Waals surface area contributed by atoms with Crippen molar-refractivity contribution in [3.05, 3.63) is 64.1 Å². The number of carbonyl (C=O) groups excluding carboxylic acids is 2. The minimum Gasteiger partial charge on any atom is -0.493 e. The highest BCUT2D eigenvalue weighted by Crippen LogP contribution is 2.17. The third kappa shape index (κ3) is 5.75. The Labute approximate surface area is 142 Å². The van der Waals surface area contributed by atoms with Crippen molar-refractivity contribution in [3.63, 3.8) is 0 Å². The zero-order valence-corrected chi connectivity index (χ0v) is 13.9. The van der Waals surface area contributed by atoms with Crippen LogP contribution in [-0.4, -0.2) is 18.5 Å². The SMILES string of the molecule is NC(=O)c1ccc(COC(=O)CCOc2cccc(Br)c2)cc1. The zero-order valence-electron chi connectivity index (χ0n) is 12.3. The second kappa shape index (κ2) is 8.33. The Morgan fingerprint density at radius 2 is 1.83 bits per heavy atom. The quantitative estimate of drug-likeness (QED) is 0.752. The van der Waals surface area contributed by atoms with Gasteiger partial charge < -0.3 is 15.2 Å². The van der Waals surface area contributed by atoms with Crippen molar-refractivity contribution in [1.82, 2.24) is 0 Å². The van der Waals surface area contributed by atoms with E-state index in [4.69, 9.17) is 15.2 Å². The van der Waals surface area contributed by atoms with Crippen LogP contribution in [0.1, 0.15) is 22.3 Å². The number of primary amides is 1. The van der Waals surface area contributed by atoms with Crippen molar-refractivity contribution in [1.29, 1.82) is 0 Å². The monoisotopic (exact) mass is 377 g/mol. The summed E-state index contributed by atoms with van der Waals surface area (Å²) in [6.45, 7) is 0.394. The van der Waals surface area contributed by atoms with E-state index in [2.05, 4.69) is 15.9 Å². The van der Waals surface area contributed by atoms with E-state index >= 15 is 0 Å². The van der Waals surface area contributed by atoms with Crippen LogP contribution in [0.4, 0.5) is 0 Å². The minimum absolute atomic E-state index is 0.148. The normalized spacial score (nSPS) is 10.1. The van der Waals surface area contributed by atoms with E-state index in [-0.39, 0.29) is 25.6 Å². The molecule has 2 rings (SSSR count). The van der Waals surface area contributed by atoms with Gasteiger partial charge in [-0.05, 0) is 35.9 Å². The van der Waals surface area contributed by atoms with Crippen molar-refractivity contribution in [2.24, 2.45) is 5.73 Å². The molecule has 120 valence electrons. The largest absolute Gasteiger partial charge is 0.493 e. The summed E-state index contributed by atoms with van der Waals surface area (Å²) in [5.41, 5.74) is 6.36. The number of carbonyl (C=O) groups is 2. The fraction of sp³-hybridized carbons (Fsp3) is 0.176. The summed E-state index contributed by atoms with van der Waals surface area (Å²) < 4.78 is 11.5. The van der Waals surface area contributed by atoms with Crippen LogP contribution in [0.15, 0.2) is 53.0 Å². The van der Waals surface area contributed by atoms with Gasteiger partial charge in [-0.25, -0.2) is 0 Å². The Hall–Kier alpha value is -2.34. The van der Waals surface area contributed by atoms with Gasteiger partial charge in [0.2, 0.25) is 5.91 Å². The molecule has 0 heterocycles. The van der Waals surface area contributed by atoms with E-state index in [0.29, 0.717) is 11.3 Å². The molecule has 0 fully saturated rings. The molecule has 2 N–H and O–H groups in total. The van der Waals surface area contributed by atoms with Crippen LogP contribution in [0.2, 0.25) is 0 Å². The average molecular weight is 378 g/mol. The van der Waals surface area contributed by atoms with Gasteiger partial charge in [-0.2, -0.15) is 0 Å². The second-order valence-corrected chi connectivity index (χ2v) is 5.69. The Balaban J connectivity index is 1.71. The molecule has 23 heavy (non-hydrogen) atoms. The predicted octanol–water partition coefficient (Wildman–Crippen LogP) is 3.06. The lowest BCUT2D eigenvalue weighted by Crippen LogP contribution is -2.11. The third-order valence-corrected chi connectivity index (χ3v) is 3.50. The Morgan fingerprint density at radius 1 is 1.09 bits per heavy atom. The summed E-state index contributed by atoms with van der Waals surface area (Å²) >= 11 is 3.35. The second-order valence-electron chi connectivity index (χ2n) is 4.78. The lowest BCUT2D eigenvalue weighted by molar-refractivity contribution is -0.145. The molecule has 2 aromatic carbocycles. The molecule has 0 radical (unpaired) electrons. The molecule has 0 atom stereocenters. The topological polar surface area (TPSA) is 78.6 Å². The van der Waals surface area contributed by atoms with Crippen molar-refractivity contribution in [2.45, 2.75) is 13.0 Å². The van der Waals surface area contributed by atoms with Gasteiger partial charge in [-0.15, -0.1) is 0 Å². The zero-order chi connectivity index (χ0) is 16.7. The van der Waals surface area contributed by atoms with Crippen LogP contribution in [-0.2, 0) is 16.1 Å². The van der Waals surface area contributed by atoms with Crippen LogP contribution >= 0.6 is 15.9 Å². The van der Waals surface area contributed by atoms with Gasteiger partial charge in [0, 0.05) is 10.0 Å². The molecule has 0 saturated heterocycles. The fourth-order valence-corrected chi connectivity index (χ4v) is 2.19. The maximum atomic E-state index is 11.7. The van der Waals surface area contributed by atoms with E-state index in [9.17, 15) is 9.59 Å². The number of hydrogen-bond acceptors (Lipinski definition) is 4. The summed E-state index contributed by atoms with van der Waals surface area (Å²) in [6, 6.07) is 14.0. The van der Waals surface area contributed by atoms with E-state index in [1.165, 1.54) is 0 Å². The predicted molar refractivity (Wildman–Crippen MR) is 89.0 cm³/mol. The summed E-state index contributed by atoms with van der Waals surface area (Å²) in [7, 11) is 0. The highest BCUT2D eigenvalue weighted by Gasteiger charge is 2.05. The maximum Gasteiger partial charge on any atom is 0.309 e. The number of amides is 1. The van der Waals surface area contributed by atoms with Crippen LogP contribution in [0.3, 0.4) is 0 Å². The van der Waals surface area contributed by atoms with Gasteiger partial charge in [0.25, 0.3) is 0 Å². The molecule has 0 saturated carbocycles. The average Bonchev–Trinajstić information content (AvgIpc) is 2.53. The maximum absolute atomic E-state index is 11.7. The Kier molecular flexibility index (Phi) is 6.17. The van der Waals surface area contributed by atoms with Crippen molar-refractivity contribution < 1.29 is 19.1 Å². The van der Waals surface area contributed by atoms with Crippen molar-refractivity contribution in [3.8, 4) is 5.75 Å². The van der Waals surface area contributed by atoms with E-state index in [1.54, 1.807) is 24.3 Å². The molecule has 2 aromatic rings. The number of nitrogens with two attached hydrogens (primary N) is 1. The third-order valence-electron chi connectivity index (χ3n) is 3.01. The first-order chi connectivity index (χ1) is 11.0. The van der Waals surface area contributed by atoms with E-state index in [0.717, 1.165) is 10.0 Å². The van der Waals surface area contributed by atoms with E-state index in [1.807, 2.05) is 24.3 Å². The number of benzene rings is 2. The van der Waals surface area contributed by atoms with Gasteiger partial charge in [-0.1, -0.05) is 34.1 Å². The van der Waals surface area contributed by atoms with Crippen LogP contribution < -0.4 is 10.5 Å². The number of rotatable bonds is 7. The van der Waals surface area contributed by atoms with Gasteiger partial charge in [0.05, 0.1) is 13.0 Å². The van der Waals surface area contributed by atoms with E-state index < -0.39 is 5.91 Å². The van der Waals surface area contributed by atoms with Gasteiger partial charge in [-0.3, -0.25) is 9.59 Å². The molecule has 1 amide bonds. The van der Waals surface area contributed by atoms with Crippen LogP contribution in [0, 0.1) is 0 Å². The molecule has 0 aliphatic rings. The summed E-state index contributed by atoms with van der Waals surface area (Å²) in [5, 5.41) is 0. The lowest BCUT2D eigenvalue weighted by Gasteiger charge is -2.07. The smallest absolute Gasteiger partial charge is 0.309 e. The molecular formula is C17H16BrNO4. The van der Waals surface area contributed by atoms with Crippen LogP contribution in [0.5, 0.6) is 5.75 Å². The summed E-state index contributed by atoms with van der Waals surface area (Å²) in [6.07, 6.45) is 0.159. The van der Waals surface area contributed by atoms with Crippen molar-refractivity contribution >= 4 is 27.8 Å². The first-order valence-electron chi connectivity index (χ1n) is 6.97. The van der Waals surface area contributed by atoms with Gasteiger partial charge >= 0.3 is 5.97 Å². The first-order valence-corrected chi connectivity index (χ1v) is 7.76.